The Morgan fingerprint density at radius 2 is 1.69 bits per heavy atom. The molecule has 1 aliphatic carbocycles. The first-order chi connectivity index (χ1) is 14.0. The molecule has 1 aromatic carbocycles. The van der Waals surface area contributed by atoms with Gasteiger partial charge in [-0.15, -0.1) is 10.2 Å². The molecule has 5 rings (SSSR count). The van der Waals surface area contributed by atoms with Gasteiger partial charge in [0.25, 0.3) is 0 Å². The molecule has 0 spiro atoms. The maximum atomic E-state index is 14.0. The van der Waals surface area contributed by atoms with Gasteiger partial charge in [0, 0.05) is 44.5 Å². The van der Waals surface area contributed by atoms with Gasteiger partial charge in [-0.1, -0.05) is 6.07 Å². The lowest BCUT2D eigenvalue weighted by atomic mass is 10.3. The van der Waals surface area contributed by atoms with Crippen LogP contribution in [0.3, 0.4) is 0 Å². The highest BCUT2D eigenvalue weighted by Crippen LogP contribution is 2.39. The van der Waals surface area contributed by atoms with Crippen LogP contribution < -0.4 is 4.90 Å². The lowest BCUT2D eigenvalue weighted by molar-refractivity contribution is 0.378. The second-order valence-corrected chi connectivity index (χ2v) is 9.09. The molecule has 8 nitrogen and oxygen atoms in total. The highest BCUT2D eigenvalue weighted by Gasteiger charge is 2.34. The van der Waals surface area contributed by atoms with E-state index < -0.39 is 26.6 Å². The Hall–Kier alpha value is -2.66. The predicted octanol–water partition coefficient (Wildman–Crippen LogP) is 1.79. The maximum Gasteiger partial charge on any atom is 0.249 e. The second-order valence-electron chi connectivity index (χ2n) is 7.22. The molecule has 1 saturated heterocycles. The van der Waals surface area contributed by atoms with Crippen molar-refractivity contribution in [2.45, 2.75) is 23.7 Å². The van der Waals surface area contributed by atoms with Gasteiger partial charge in [-0.25, -0.2) is 22.2 Å². The molecule has 1 saturated carbocycles. The molecule has 2 aromatic heterocycles. The number of rotatable bonds is 4. The second kappa shape index (κ2) is 6.70. The van der Waals surface area contributed by atoms with Crippen LogP contribution in [0.15, 0.2) is 35.5 Å². The van der Waals surface area contributed by atoms with Gasteiger partial charge in [0.2, 0.25) is 15.7 Å². The number of sulfonamides is 1. The smallest absolute Gasteiger partial charge is 0.249 e. The van der Waals surface area contributed by atoms with Gasteiger partial charge in [0.1, 0.15) is 17.5 Å². The topological polar surface area (TPSA) is 83.7 Å². The number of hydrogen-bond donors (Lipinski definition) is 0. The number of benzene rings is 1. The highest BCUT2D eigenvalue weighted by molar-refractivity contribution is 7.89. The van der Waals surface area contributed by atoms with E-state index in [1.54, 1.807) is 6.20 Å². The molecule has 2 aliphatic rings. The zero-order chi connectivity index (χ0) is 20.2. The van der Waals surface area contributed by atoms with E-state index >= 15 is 0 Å². The van der Waals surface area contributed by atoms with Crippen molar-refractivity contribution >= 4 is 21.5 Å². The molecule has 152 valence electrons. The summed E-state index contributed by atoms with van der Waals surface area (Å²) in [6.07, 6.45) is 5.70. The predicted molar refractivity (Wildman–Crippen MR) is 100 cm³/mol. The van der Waals surface area contributed by atoms with Crippen LogP contribution in [-0.4, -0.2) is 58.5 Å². The summed E-state index contributed by atoms with van der Waals surface area (Å²) in [6.45, 7) is 0.826. The Labute approximate surface area is 165 Å². The largest absolute Gasteiger partial charge is 0.351 e. The maximum absolute atomic E-state index is 14.0. The zero-order valence-electron chi connectivity index (χ0n) is 15.4. The van der Waals surface area contributed by atoms with Crippen LogP contribution in [0.5, 0.6) is 0 Å². The molecule has 0 unspecified atom stereocenters. The van der Waals surface area contributed by atoms with E-state index in [1.807, 2.05) is 15.5 Å². The quantitative estimate of drug-likeness (QED) is 0.640. The molecule has 0 atom stereocenters. The highest BCUT2D eigenvalue weighted by atomic mass is 32.2. The van der Waals surface area contributed by atoms with Crippen LogP contribution in [0.4, 0.5) is 14.6 Å². The van der Waals surface area contributed by atoms with Gasteiger partial charge in [0.05, 0.1) is 0 Å². The van der Waals surface area contributed by atoms with E-state index in [9.17, 15) is 17.2 Å². The summed E-state index contributed by atoms with van der Waals surface area (Å²) in [4.78, 5) is 5.43. The molecule has 0 N–H and O–H groups in total. The van der Waals surface area contributed by atoms with E-state index in [4.69, 9.17) is 0 Å². The van der Waals surface area contributed by atoms with Crippen LogP contribution in [0, 0.1) is 11.6 Å². The molecule has 0 bridgehead atoms. The molecule has 3 heterocycles. The third kappa shape index (κ3) is 3.04. The van der Waals surface area contributed by atoms with Crippen molar-refractivity contribution < 1.29 is 17.2 Å². The molecular formula is C18H18F2N6O2S. The van der Waals surface area contributed by atoms with E-state index in [1.165, 1.54) is 0 Å². The Kier molecular flexibility index (Phi) is 4.24. The van der Waals surface area contributed by atoms with Crippen molar-refractivity contribution in [3.63, 3.8) is 0 Å². The third-order valence-corrected chi connectivity index (χ3v) is 7.28. The molecule has 0 amide bonds. The van der Waals surface area contributed by atoms with E-state index in [-0.39, 0.29) is 13.1 Å². The fourth-order valence-electron chi connectivity index (χ4n) is 3.67. The van der Waals surface area contributed by atoms with Crippen molar-refractivity contribution in [3.05, 3.63) is 48.1 Å². The van der Waals surface area contributed by atoms with E-state index in [0.717, 1.165) is 41.2 Å². The van der Waals surface area contributed by atoms with Crippen LogP contribution >= 0.6 is 0 Å². The lowest BCUT2D eigenvalue weighted by Crippen LogP contribution is -2.49. The molecule has 29 heavy (non-hydrogen) atoms. The fourth-order valence-corrected chi connectivity index (χ4v) is 5.20. The Morgan fingerprint density at radius 3 is 2.34 bits per heavy atom. The van der Waals surface area contributed by atoms with Crippen LogP contribution in [0.1, 0.15) is 24.6 Å². The van der Waals surface area contributed by atoms with Crippen LogP contribution in [0.2, 0.25) is 0 Å². The summed E-state index contributed by atoms with van der Waals surface area (Å²) in [5.41, 5.74) is 0.630. The minimum absolute atomic E-state index is 0.0858. The lowest BCUT2D eigenvalue weighted by Gasteiger charge is -2.34. The minimum atomic E-state index is -4.27. The summed E-state index contributed by atoms with van der Waals surface area (Å²) in [7, 11) is -4.27. The number of hydrogen-bond acceptors (Lipinski definition) is 6. The number of nitrogens with zero attached hydrogens (tertiary/aromatic N) is 6. The monoisotopic (exact) mass is 420 g/mol. The average Bonchev–Trinajstić information content (AvgIpc) is 3.46. The van der Waals surface area contributed by atoms with Gasteiger partial charge in [-0.3, -0.25) is 4.40 Å². The molecule has 3 aromatic rings. The van der Waals surface area contributed by atoms with Crippen LogP contribution in [-0.2, 0) is 10.0 Å². The molecular weight excluding hydrogens is 402 g/mol. The van der Waals surface area contributed by atoms with Crippen molar-refractivity contribution in [2.24, 2.45) is 0 Å². The van der Waals surface area contributed by atoms with Gasteiger partial charge >= 0.3 is 0 Å². The Balaban J connectivity index is 1.39. The number of fused-ring (bicyclic) bond motifs is 1. The molecule has 0 radical (unpaired) electrons. The van der Waals surface area contributed by atoms with Crippen molar-refractivity contribution in [3.8, 4) is 0 Å². The zero-order valence-corrected chi connectivity index (χ0v) is 16.2. The van der Waals surface area contributed by atoms with Gasteiger partial charge in [0.15, 0.2) is 10.7 Å². The van der Waals surface area contributed by atoms with Crippen molar-refractivity contribution in [1.29, 1.82) is 0 Å². The summed E-state index contributed by atoms with van der Waals surface area (Å²) in [5, 5.41) is 8.55. The first kappa shape index (κ1) is 18.4. The SMILES string of the molecule is O=S(=O)(c1c(F)cccc1F)N1CCN(c2nccn3c(C4CC4)nnc23)CC1. The first-order valence-electron chi connectivity index (χ1n) is 9.35. The standard InChI is InChI=1S/C18H18F2N6O2S/c19-13-2-1-3-14(20)15(13)29(27,28)25-10-8-24(9-11-25)17-18-23-22-16(12-4-5-12)26(18)7-6-21-17/h1-3,6-7,12H,4-5,8-11H2. The summed E-state index contributed by atoms with van der Waals surface area (Å²) < 4.78 is 56.6. The fraction of sp³-hybridized carbons (Fsp3) is 0.389. The van der Waals surface area contributed by atoms with E-state index in [2.05, 4.69) is 15.2 Å². The first-order valence-corrected chi connectivity index (χ1v) is 10.8. The van der Waals surface area contributed by atoms with Gasteiger partial charge < -0.3 is 4.90 Å². The minimum Gasteiger partial charge on any atom is -0.351 e. The summed E-state index contributed by atoms with van der Waals surface area (Å²) >= 11 is 0. The normalized spacial score (nSPS) is 18.5. The number of halogens is 2. The van der Waals surface area contributed by atoms with Crippen LogP contribution in [0.25, 0.3) is 5.65 Å². The van der Waals surface area contributed by atoms with Gasteiger partial charge in [-0.05, 0) is 25.0 Å². The van der Waals surface area contributed by atoms with Crippen molar-refractivity contribution in [2.75, 3.05) is 31.1 Å². The summed E-state index contributed by atoms with van der Waals surface area (Å²) in [6, 6.07) is 3.03. The van der Waals surface area contributed by atoms with E-state index in [0.29, 0.717) is 30.5 Å². The summed E-state index contributed by atoms with van der Waals surface area (Å²) in [5.74, 6) is -0.205. The number of anilines is 1. The average molecular weight is 420 g/mol. The molecule has 2 fully saturated rings. The molecule has 11 heteroatoms. The third-order valence-electron chi connectivity index (χ3n) is 5.33. The Bertz CT molecular complexity index is 1170. The number of piperazine rings is 1. The molecule has 1 aliphatic heterocycles. The number of aromatic nitrogens is 4. The Morgan fingerprint density at radius 1 is 1.00 bits per heavy atom. The van der Waals surface area contributed by atoms with Gasteiger partial charge in [-0.2, -0.15) is 4.31 Å². The van der Waals surface area contributed by atoms with Crippen molar-refractivity contribution in [1.82, 2.24) is 23.9 Å².